The first-order chi connectivity index (χ1) is 15.9. The number of benzene rings is 2. The van der Waals surface area contributed by atoms with E-state index < -0.39 is 10.1 Å². The van der Waals surface area contributed by atoms with Gasteiger partial charge in [0, 0.05) is 18.6 Å². The second kappa shape index (κ2) is 8.53. The van der Waals surface area contributed by atoms with E-state index in [1.807, 2.05) is 18.2 Å². The number of anilines is 2. The van der Waals surface area contributed by atoms with Crippen molar-refractivity contribution in [3.63, 3.8) is 0 Å². The standard InChI is InChI=1S/C23H23N5O4S/c1-2-3-8-15-13-26-18-19(27-15)17-20(25-11-10-24-17)23-21(18)28-16-9-4-6-14(22(16)32-23)7-5-12-33(29,30)31/h4,6,9-11,13,28H,2-3,5,7-8,12H2,1H3,(H,29,30,31). The zero-order valence-corrected chi connectivity index (χ0v) is 18.9. The summed E-state index contributed by atoms with van der Waals surface area (Å²) in [6.45, 7) is 2.14. The van der Waals surface area contributed by atoms with Crippen molar-refractivity contribution >= 4 is 43.6 Å². The fourth-order valence-electron chi connectivity index (χ4n) is 4.05. The average molecular weight is 466 g/mol. The van der Waals surface area contributed by atoms with Gasteiger partial charge >= 0.3 is 0 Å². The minimum atomic E-state index is -4.02. The molecule has 1 aliphatic heterocycles. The van der Waals surface area contributed by atoms with Crippen LogP contribution < -0.4 is 10.1 Å². The van der Waals surface area contributed by atoms with Gasteiger partial charge in [-0.15, -0.1) is 0 Å². The molecule has 0 saturated heterocycles. The molecule has 0 unspecified atom stereocenters. The zero-order chi connectivity index (χ0) is 23.0. The van der Waals surface area contributed by atoms with Crippen LogP contribution in [-0.4, -0.2) is 38.7 Å². The third kappa shape index (κ3) is 4.19. The molecular weight excluding hydrogens is 442 g/mol. The molecule has 33 heavy (non-hydrogen) atoms. The number of rotatable bonds is 7. The summed E-state index contributed by atoms with van der Waals surface area (Å²) in [5.74, 6) is 0.797. The molecule has 0 saturated carbocycles. The maximum absolute atomic E-state index is 11.1. The van der Waals surface area contributed by atoms with Gasteiger partial charge in [-0.25, -0.2) is 9.97 Å². The Hall–Kier alpha value is -3.37. The van der Waals surface area contributed by atoms with Crippen molar-refractivity contribution in [1.82, 2.24) is 19.9 Å². The maximum atomic E-state index is 11.1. The lowest BCUT2D eigenvalue weighted by Crippen LogP contribution is -2.10. The summed E-state index contributed by atoms with van der Waals surface area (Å²) in [5.41, 5.74) is 5.68. The fraction of sp³-hybridized carbons (Fsp3) is 0.304. The molecule has 5 rings (SSSR count). The van der Waals surface area contributed by atoms with Crippen molar-refractivity contribution in [3.8, 4) is 11.5 Å². The fourth-order valence-corrected chi connectivity index (χ4v) is 4.56. The lowest BCUT2D eigenvalue weighted by atomic mass is 10.1. The van der Waals surface area contributed by atoms with E-state index in [2.05, 4.69) is 22.2 Å². The van der Waals surface area contributed by atoms with E-state index in [9.17, 15) is 8.42 Å². The average Bonchev–Trinajstić information content (AvgIpc) is 2.81. The Labute approximate surface area is 191 Å². The van der Waals surface area contributed by atoms with E-state index in [4.69, 9.17) is 19.3 Å². The van der Waals surface area contributed by atoms with E-state index in [0.717, 1.165) is 36.2 Å². The van der Waals surface area contributed by atoms with Crippen LogP contribution >= 0.6 is 0 Å². The van der Waals surface area contributed by atoms with Crippen molar-refractivity contribution in [1.29, 1.82) is 0 Å². The van der Waals surface area contributed by atoms with Crippen LogP contribution in [0.5, 0.6) is 11.5 Å². The van der Waals surface area contributed by atoms with Crippen LogP contribution in [0.4, 0.5) is 11.4 Å². The molecule has 0 atom stereocenters. The number of hydrogen-bond acceptors (Lipinski definition) is 8. The molecule has 4 aromatic rings. The van der Waals surface area contributed by atoms with Crippen LogP contribution in [-0.2, 0) is 23.0 Å². The Morgan fingerprint density at radius 1 is 0.970 bits per heavy atom. The zero-order valence-electron chi connectivity index (χ0n) is 18.1. The van der Waals surface area contributed by atoms with E-state index in [-0.39, 0.29) is 12.2 Å². The third-order valence-corrected chi connectivity index (χ3v) is 6.42. The molecule has 170 valence electrons. The predicted molar refractivity (Wildman–Crippen MR) is 126 cm³/mol. The summed E-state index contributed by atoms with van der Waals surface area (Å²) >= 11 is 0. The van der Waals surface area contributed by atoms with Gasteiger partial charge < -0.3 is 10.1 Å². The number of fused-ring (bicyclic) bond motifs is 7. The molecule has 2 aromatic heterocycles. The first-order valence-corrected chi connectivity index (χ1v) is 12.5. The van der Waals surface area contributed by atoms with Crippen LogP contribution in [0.15, 0.2) is 36.8 Å². The third-order valence-electron chi connectivity index (χ3n) is 5.62. The highest BCUT2D eigenvalue weighted by molar-refractivity contribution is 7.85. The lowest BCUT2D eigenvalue weighted by Gasteiger charge is -2.25. The van der Waals surface area contributed by atoms with Crippen LogP contribution in [0.1, 0.15) is 37.4 Å². The summed E-state index contributed by atoms with van der Waals surface area (Å²) in [5, 5.41) is 3.42. The van der Waals surface area contributed by atoms with Crippen molar-refractivity contribution in [2.75, 3.05) is 11.1 Å². The summed E-state index contributed by atoms with van der Waals surface area (Å²) in [7, 11) is -4.02. The summed E-state index contributed by atoms with van der Waals surface area (Å²) in [6, 6.07) is 5.64. The highest BCUT2D eigenvalue weighted by Crippen LogP contribution is 2.49. The predicted octanol–water partition coefficient (Wildman–Crippen LogP) is 4.59. The molecule has 0 spiro atoms. The van der Waals surface area contributed by atoms with Crippen LogP contribution in [0.25, 0.3) is 22.1 Å². The van der Waals surface area contributed by atoms with Crippen LogP contribution in [0, 0.1) is 0 Å². The quantitative estimate of drug-likeness (QED) is 0.262. The number of hydrogen-bond donors (Lipinski definition) is 2. The van der Waals surface area contributed by atoms with Gasteiger partial charge in [0.1, 0.15) is 27.8 Å². The SMILES string of the molecule is CCCCc1cnc2c3c(c4nccnc4c2n1)Oc1c(CCCS(=O)(=O)O)cccc1N3. The second-order valence-electron chi connectivity index (χ2n) is 8.03. The Morgan fingerprint density at radius 3 is 2.58 bits per heavy atom. The summed E-state index contributed by atoms with van der Waals surface area (Å²) in [4.78, 5) is 18.6. The van der Waals surface area contributed by atoms with Crippen molar-refractivity contribution in [2.24, 2.45) is 0 Å². The molecule has 0 amide bonds. The highest BCUT2D eigenvalue weighted by Gasteiger charge is 2.27. The minimum Gasteiger partial charge on any atom is -0.450 e. The normalized spacial score (nSPS) is 12.8. The van der Waals surface area contributed by atoms with Gasteiger partial charge in [0.15, 0.2) is 11.5 Å². The molecule has 2 aromatic carbocycles. The topological polar surface area (TPSA) is 127 Å². The van der Waals surface area contributed by atoms with Gasteiger partial charge in [0.25, 0.3) is 10.1 Å². The lowest BCUT2D eigenvalue weighted by molar-refractivity contribution is 0.474. The molecular formula is C23H23N5O4S. The molecule has 0 bridgehead atoms. The van der Waals surface area contributed by atoms with Crippen LogP contribution in [0.2, 0.25) is 0 Å². The number of aryl methyl sites for hydroxylation is 2. The molecule has 0 fully saturated rings. The molecule has 10 heteroatoms. The van der Waals surface area contributed by atoms with Gasteiger partial charge in [-0.3, -0.25) is 14.5 Å². The first kappa shape index (κ1) is 21.5. The van der Waals surface area contributed by atoms with Crippen molar-refractivity contribution in [2.45, 2.75) is 39.0 Å². The Bertz CT molecular complexity index is 1470. The van der Waals surface area contributed by atoms with Gasteiger partial charge in [-0.2, -0.15) is 8.42 Å². The van der Waals surface area contributed by atoms with E-state index in [0.29, 0.717) is 45.7 Å². The molecule has 9 nitrogen and oxygen atoms in total. The van der Waals surface area contributed by atoms with Gasteiger partial charge in [-0.05, 0) is 37.3 Å². The second-order valence-corrected chi connectivity index (χ2v) is 9.60. The van der Waals surface area contributed by atoms with E-state index in [1.165, 1.54) is 0 Å². The molecule has 0 radical (unpaired) electrons. The number of nitrogens with zero attached hydrogens (tertiary/aromatic N) is 4. The van der Waals surface area contributed by atoms with E-state index >= 15 is 0 Å². The summed E-state index contributed by atoms with van der Waals surface area (Å²) in [6.07, 6.45) is 8.68. The Morgan fingerprint density at radius 2 is 1.79 bits per heavy atom. The Balaban J connectivity index is 1.61. The monoisotopic (exact) mass is 465 g/mol. The van der Waals surface area contributed by atoms with Gasteiger partial charge in [0.2, 0.25) is 0 Å². The largest absolute Gasteiger partial charge is 0.450 e. The smallest absolute Gasteiger partial charge is 0.264 e. The minimum absolute atomic E-state index is 0.274. The maximum Gasteiger partial charge on any atom is 0.264 e. The molecule has 3 heterocycles. The summed E-state index contributed by atoms with van der Waals surface area (Å²) < 4.78 is 37.6. The van der Waals surface area contributed by atoms with Crippen LogP contribution in [0.3, 0.4) is 0 Å². The first-order valence-electron chi connectivity index (χ1n) is 10.9. The van der Waals surface area contributed by atoms with Gasteiger partial charge in [0.05, 0.1) is 17.1 Å². The Kier molecular flexibility index (Phi) is 5.55. The number of unbranched alkanes of at least 4 members (excludes halogenated alkanes) is 1. The number of aromatic nitrogens is 4. The van der Waals surface area contributed by atoms with E-state index in [1.54, 1.807) is 18.6 Å². The molecule has 2 N–H and O–H groups in total. The highest BCUT2D eigenvalue weighted by atomic mass is 32.2. The number of para-hydroxylation sites is 1. The van der Waals surface area contributed by atoms with Crippen molar-refractivity contribution < 1.29 is 17.7 Å². The number of ether oxygens (including phenoxy) is 1. The molecule has 0 aliphatic carbocycles. The van der Waals surface area contributed by atoms with Gasteiger partial charge in [-0.1, -0.05) is 25.5 Å². The molecule has 1 aliphatic rings. The number of nitrogens with one attached hydrogen (secondary N) is 1. The van der Waals surface area contributed by atoms with Crippen molar-refractivity contribution in [3.05, 3.63) is 48.0 Å².